The van der Waals surface area contributed by atoms with Crippen molar-refractivity contribution in [2.24, 2.45) is 5.84 Å². The Bertz CT molecular complexity index is 619. The van der Waals surface area contributed by atoms with Crippen molar-refractivity contribution < 1.29 is 9.66 Å². The summed E-state index contributed by atoms with van der Waals surface area (Å²) in [6.07, 6.45) is 1.56. The Kier molecular flexibility index (Phi) is 4.34. The quantitative estimate of drug-likeness (QED) is 0.499. The van der Waals surface area contributed by atoms with E-state index in [-0.39, 0.29) is 18.0 Å². The third-order valence-electron chi connectivity index (χ3n) is 2.49. The van der Waals surface area contributed by atoms with Gasteiger partial charge in [0.25, 0.3) is 0 Å². The van der Waals surface area contributed by atoms with Gasteiger partial charge in [0.2, 0.25) is 0 Å². The number of hydrogen-bond donors (Lipinski definition) is 2. The third-order valence-corrected chi connectivity index (χ3v) is 2.72. The highest BCUT2D eigenvalue weighted by Gasteiger charge is 2.15. The maximum absolute atomic E-state index is 10.9. The fourth-order valence-electron chi connectivity index (χ4n) is 1.51. The second-order valence-corrected chi connectivity index (χ2v) is 4.29. The van der Waals surface area contributed by atoms with E-state index in [9.17, 15) is 10.1 Å². The predicted molar refractivity (Wildman–Crippen MR) is 74.5 cm³/mol. The molecule has 3 N–H and O–H groups in total. The van der Waals surface area contributed by atoms with Crippen LogP contribution in [0.2, 0.25) is 5.02 Å². The molecule has 20 heavy (non-hydrogen) atoms. The van der Waals surface area contributed by atoms with Gasteiger partial charge in [0, 0.05) is 28.9 Å². The number of ether oxygens (including phenoxy) is 1. The highest BCUT2D eigenvalue weighted by Crippen LogP contribution is 2.30. The lowest BCUT2D eigenvalue weighted by atomic mass is 10.3. The van der Waals surface area contributed by atoms with E-state index >= 15 is 0 Å². The maximum atomic E-state index is 10.9. The van der Waals surface area contributed by atoms with Gasteiger partial charge in [-0.25, -0.2) is 10.8 Å². The van der Waals surface area contributed by atoms with Gasteiger partial charge >= 0.3 is 5.69 Å². The molecule has 0 aliphatic rings. The van der Waals surface area contributed by atoms with Gasteiger partial charge in [0.1, 0.15) is 12.4 Å². The summed E-state index contributed by atoms with van der Waals surface area (Å²) in [5.41, 5.74) is 3.01. The van der Waals surface area contributed by atoms with Crippen molar-refractivity contribution in [1.29, 1.82) is 0 Å². The molecule has 1 aromatic heterocycles. The smallest absolute Gasteiger partial charge is 0.311 e. The monoisotopic (exact) mass is 294 g/mol. The maximum Gasteiger partial charge on any atom is 0.311 e. The van der Waals surface area contributed by atoms with Crippen LogP contribution in [0.1, 0.15) is 5.56 Å². The van der Waals surface area contributed by atoms with Crippen LogP contribution in [-0.2, 0) is 6.61 Å². The number of benzene rings is 1. The Hall–Kier alpha value is -2.38. The van der Waals surface area contributed by atoms with Crippen molar-refractivity contribution in [3.63, 3.8) is 0 Å². The lowest BCUT2D eigenvalue weighted by Gasteiger charge is -2.07. The summed E-state index contributed by atoms with van der Waals surface area (Å²) < 4.78 is 5.42. The number of hydrazine groups is 1. The van der Waals surface area contributed by atoms with E-state index in [0.29, 0.717) is 10.8 Å². The van der Waals surface area contributed by atoms with Crippen LogP contribution >= 0.6 is 11.6 Å². The van der Waals surface area contributed by atoms with Crippen molar-refractivity contribution >= 4 is 23.1 Å². The molecule has 104 valence electrons. The minimum absolute atomic E-state index is 0.114. The predicted octanol–water partition coefficient (Wildman–Crippen LogP) is 2.51. The standard InChI is InChI=1S/C12H11ClN4O3/c13-9-2-3-10(17(18)19)11(5-9)20-7-8-1-4-12(16-14)15-6-8/h1-6H,7,14H2,(H,15,16). The molecule has 8 heteroatoms. The Morgan fingerprint density at radius 1 is 1.40 bits per heavy atom. The van der Waals surface area contributed by atoms with Crippen molar-refractivity contribution in [3.05, 3.63) is 57.2 Å². The van der Waals surface area contributed by atoms with E-state index in [1.165, 1.54) is 18.2 Å². The van der Waals surface area contributed by atoms with E-state index in [2.05, 4.69) is 10.4 Å². The molecular formula is C12H11ClN4O3. The molecule has 0 aliphatic heterocycles. The molecule has 1 aromatic carbocycles. The number of nitrogen functional groups attached to an aromatic ring is 1. The summed E-state index contributed by atoms with van der Waals surface area (Å²) in [5.74, 6) is 5.83. The average molecular weight is 295 g/mol. The first-order valence-corrected chi connectivity index (χ1v) is 5.96. The van der Waals surface area contributed by atoms with Crippen LogP contribution in [0.5, 0.6) is 5.75 Å². The molecule has 0 fully saturated rings. The zero-order valence-electron chi connectivity index (χ0n) is 10.2. The SMILES string of the molecule is NNc1ccc(COc2cc(Cl)ccc2[N+](=O)[O-])cn1. The Balaban J connectivity index is 2.13. The van der Waals surface area contributed by atoms with Gasteiger partial charge < -0.3 is 10.2 Å². The third kappa shape index (κ3) is 3.34. The molecule has 0 aliphatic carbocycles. The van der Waals surface area contributed by atoms with Gasteiger partial charge in [-0.05, 0) is 12.1 Å². The topological polar surface area (TPSA) is 103 Å². The van der Waals surface area contributed by atoms with Crippen molar-refractivity contribution in [2.45, 2.75) is 6.61 Å². The van der Waals surface area contributed by atoms with Crippen molar-refractivity contribution in [2.75, 3.05) is 5.43 Å². The summed E-state index contributed by atoms with van der Waals surface area (Å²) in [6.45, 7) is 0.138. The van der Waals surface area contributed by atoms with Gasteiger partial charge in [-0.2, -0.15) is 0 Å². The number of nitro benzene ring substituents is 1. The van der Waals surface area contributed by atoms with E-state index in [1.54, 1.807) is 18.3 Å². The molecule has 0 amide bonds. The summed E-state index contributed by atoms with van der Waals surface area (Å²) in [5, 5.41) is 11.2. The fourth-order valence-corrected chi connectivity index (χ4v) is 1.67. The molecular weight excluding hydrogens is 284 g/mol. The molecule has 0 saturated carbocycles. The highest BCUT2D eigenvalue weighted by molar-refractivity contribution is 6.30. The van der Waals surface area contributed by atoms with Gasteiger partial charge in [-0.15, -0.1) is 0 Å². The van der Waals surface area contributed by atoms with E-state index in [1.807, 2.05) is 0 Å². The largest absolute Gasteiger partial charge is 0.482 e. The minimum Gasteiger partial charge on any atom is -0.482 e. The highest BCUT2D eigenvalue weighted by atomic mass is 35.5. The summed E-state index contributed by atoms with van der Waals surface area (Å²) in [4.78, 5) is 14.4. The van der Waals surface area contributed by atoms with Crippen LogP contribution in [0.25, 0.3) is 0 Å². The molecule has 0 spiro atoms. The number of nitrogens with zero attached hydrogens (tertiary/aromatic N) is 2. The normalized spacial score (nSPS) is 10.1. The molecule has 0 atom stereocenters. The second kappa shape index (κ2) is 6.18. The Morgan fingerprint density at radius 2 is 2.20 bits per heavy atom. The molecule has 0 radical (unpaired) electrons. The van der Waals surface area contributed by atoms with Gasteiger partial charge in [-0.3, -0.25) is 10.1 Å². The van der Waals surface area contributed by atoms with Crippen LogP contribution in [0.15, 0.2) is 36.5 Å². The molecule has 0 bridgehead atoms. The first-order valence-electron chi connectivity index (χ1n) is 5.58. The number of aromatic nitrogens is 1. The Morgan fingerprint density at radius 3 is 2.80 bits per heavy atom. The number of anilines is 1. The zero-order valence-corrected chi connectivity index (χ0v) is 11.0. The summed E-state index contributed by atoms with van der Waals surface area (Å²) >= 11 is 5.81. The molecule has 2 rings (SSSR count). The number of hydrogen-bond acceptors (Lipinski definition) is 6. The van der Waals surface area contributed by atoms with Crippen molar-refractivity contribution in [3.8, 4) is 5.75 Å². The number of pyridine rings is 1. The lowest BCUT2D eigenvalue weighted by molar-refractivity contribution is -0.385. The van der Waals surface area contributed by atoms with Crippen LogP contribution in [0.4, 0.5) is 11.5 Å². The van der Waals surface area contributed by atoms with Gasteiger partial charge in [0.05, 0.1) is 4.92 Å². The molecule has 7 nitrogen and oxygen atoms in total. The van der Waals surface area contributed by atoms with Gasteiger partial charge in [0.15, 0.2) is 5.75 Å². The van der Waals surface area contributed by atoms with E-state index in [0.717, 1.165) is 5.56 Å². The van der Waals surface area contributed by atoms with Gasteiger partial charge in [-0.1, -0.05) is 17.7 Å². The van der Waals surface area contributed by atoms with E-state index in [4.69, 9.17) is 22.2 Å². The van der Waals surface area contributed by atoms with Crippen LogP contribution in [0.3, 0.4) is 0 Å². The molecule has 0 unspecified atom stereocenters. The second-order valence-electron chi connectivity index (χ2n) is 3.85. The molecule has 2 aromatic rings. The van der Waals surface area contributed by atoms with Crippen LogP contribution in [-0.4, -0.2) is 9.91 Å². The number of rotatable bonds is 5. The van der Waals surface area contributed by atoms with Crippen molar-refractivity contribution in [1.82, 2.24) is 4.98 Å². The average Bonchev–Trinajstić information content (AvgIpc) is 2.45. The zero-order chi connectivity index (χ0) is 14.5. The van der Waals surface area contributed by atoms with Crippen LogP contribution in [0, 0.1) is 10.1 Å². The Labute approximate surface area is 119 Å². The number of halogens is 1. The summed E-state index contributed by atoms with van der Waals surface area (Å²) in [7, 11) is 0. The fraction of sp³-hybridized carbons (Fsp3) is 0.0833. The number of nitro groups is 1. The molecule has 0 saturated heterocycles. The first kappa shape index (κ1) is 14.0. The molecule has 1 heterocycles. The van der Waals surface area contributed by atoms with Crippen LogP contribution < -0.4 is 16.0 Å². The number of nitrogens with two attached hydrogens (primary N) is 1. The number of nitrogens with one attached hydrogen (secondary N) is 1. The lowest BCUT2D eigenvalue weighted by Crippen LogP contribution is -2.08. The first-order chi connectivity index (χ1) is 9.60. The minimum atomic E-state index is -0.522. The summed E-state index contributed by atoms with van der Waals surface area (Å²) in [6, 6.07) is 7.57. The van der Waals surface area contributed by atoms with E-state index < -0.39 is 4.92 Å².